The standard InChI is InChI=1S/C21H21N3O2S/c1-13-4-7-16(8-5-13)20(26)24-23-19(25)12-27-21-15(3)11-17-10-14(2)6-9-18(17)22-21/h4-11H,12H2,1-3H3,(H,23,25)(H,24,26). The van der Waals surface area contributed by atoms with E-state index in [1.54, 1.807) is 12.1 Å². The van der Waals surface area contributed by atoms with Crippen molar-refractivity contribution in [3.8, 4) is 0 Å². The molecule has 0 fully saturated rings. The molecule has 1 aromatic heterocycles. The Balaban J connectivity index is 1.56. The Labute approximate surface area is 162 Å². The normalized spacial score (nSPS) is 10.6. The molecule has 0 aliphatic heterocycles. The number of carbonyl (C=O) groups excluding carboxylic acids is 2. The largest absolute Gasteiger partial charge is 0.272 e. The number of benzene rings is 2. The van der Waals surface area contributed by atoms with Gasteiger partial charge >= 0.3 is 0 Å². The average Bonchev–Trinajstić information content (AvgIpc) is 2.65. The summed E-state index contributed by atoms with van der Waals surface area (Å²) in [6, 6.07) is 15.3. The zero-order chi connectivity index (χ0) is 19.4. The Kier molecular flexibility index (Phi) is 5.76. The second-order valence-electron chi connectivity index (χ2n) is 6.46. The molecule has 0 saturated carbocycles. The molecule has 5 nitrogen and oxygen atoms in total. The van der Waals surface area contributed by atoms with Crippen LogP contribution in [-0.2, 0) is 4.79 Å². The maximum atomic E-state index is 12.1. The summed E-state index contributed by atoms with van der Waals surface area (Å²) in [6.07, 6.45) is 0. The number of hydrogen-bond donors (Lipinski definition) is 2. The first-order valence-electron chi connectivity index (χ1n) is 8.59. The molecule has 0 saturated heterocycles. The molecule has 3 aromatic rings. The van der Waals surface area contributed by atoms with Gasteiger partial charge in [0.05, 0.1) is 11.3 Å². The molecule has 0 aliphatic rings. The van der Waals surface area contributed by atoms with Crippen LogP contribution < -0.4 is 10.9 Å². The molecule has 0 spiro atoms. The number of nitrogens with zero attached hydrogens (tertiary/aromatic N) is 1. The summed E-state index contributed by atoms with van der Waals surface area (Å²) in [7, 11) is 0. The van der Waals surface area contributed by atoms with Gasteiger partial charge in [-0.15, -0.1) is 0 Å². The Hall–Kier alpha value is -2.86. The lowest BCUT2D eigenvalue weighted by atomic mass is 10.1. The number of amides is 2. The molecule has 2 amide bonds. The first kappa shape index (κ1) is 18.9. The zero-order valence-electron chi connectivity index (χ0n) is 15.5. The van der Waals surface area contributed by atoms with Crippen LogP contribution in [-0.4, -0.2) is 22.6 Å². The number of nitrogens with one attached hydrogen (secondary N) is 2. The highest BCUT2D eigenvalue weighted by molar-refractivity contribution is 7.99. The van der Waals surface area contributed by atoms with E-state index in [-0.39, 0.29) is 17.6 Å². The van der Waals surface area contributed by atoms with Crippen molar-refractivity contribution in [3.05, 3.63) is 70.8 Å². The number of rotatable bonds is 4. The summed E-state index contributed by atoms with van der Waals surface area (Å²) in [5.41, 5.74) is 9.56. The fraction of sp³-hybridized carbons (Fsp3) is 0.190. The average molecular weight is 379 g/mol. The van der Waals surface area contributed by atoms with Crippen LogP contribution in [0.15, 0.2) is 53.6 Å². The highest BCUT2D eigenvalue weighted by atomic mass is 32.2. The summed E-state index contributed by atoms with van der Waals surface area (Å²) in [4.78, 5) is 28.7. The number of aryl methyl sites for hydroxylation is 3. The van der Waals surface area contributed by atoms with E-state index in [4.69, 9.17) is 0 Å². The van der Waals surface area contributed by atoms with Crippen molar-refractivity contribution in [2.24, 2.45) is 0 Å². The van der Waals surface area contributed by atoms with E-state index in [1.165, 1.54) is 17.3 Å². The van der Waals surface area contributed by atoms with Crippen LogP contribution in [0.3, 0.4) is 0 Å². The maximum Gasteiger partial charge on any atom is 0.269 e. The van der Waals surface area contributed by atoms with Crippen LogP contribution in [0.1, 0.15) is 27.0 Å². The smallest absolute Gasteiger partial charge is 0.269 e. The van der Waals surface area contributed by atoms with Gasteiger partial charge in [-0.3, -0.25) is 20.4 Å². The minimum atomic E-state index is -0.344. The quantitative estimate of drug-likeness (QED) is 0.535. The van der Waals surface area contributed by atoms with Crippen molar-refractivity contribution >= 4 is 34.5 Å². The fourth-order valence-corrected chi connectivity index (χ4v) is 3.39. The monoisotopic (exact) mass is 379 g/mol. The number of hydrogen-bond acceptors (Lipinski definition) is 4. The molecule has 2 N–H and O–H groups in total. The lowest BCUT2D eigenvalue weighted by molar-refractivity contribution is -0.119. The molecule has 0 bridgehead atoms. The SMILES string of the molecule is Cc1ccc(C(=O)NNC(=O)CSc2nc3ccc(C)cc3cc2C)cc1. The summed E-state index contributed by atoms with van der Waals surface area (Å²) < 4.78 is 0. The van der Waals surface area contributed by atoms with Gasteiger partial charge in [0.25, 0.3) is 5.91 Å². The predicted octanol–water partition coefficient (Wildman–Crippen LogP) is 3.71. The number of hydrazine groups is 1. The van der Waals surface area contributed by atoms with E-state index in [1.807, 2.05) is 45.0 Å². The minimum Gasteiger partial charge on any atom is -0.272 e. The fourth-order valence-electron chi connectivity index (χ4n) is 2.60. The molecule has 0 aliphatic carbocycles. The van der Waals surface area contributed by atoms with Crippen LogP contribution in [0.5, 0.6) is 0 Å². The second kappa shape index (κ2) is 8.22. The number of carbonyl (C=O) groups is 2. The molecule has 1 heterocycles. The van der Waals surface area contributed by atoms with Gasteiger partial charge in [0.1, 0.15) is 5.03 Å². The van der Waals surface area contributed by atoms with Gasteiger partial charge in [-0.1, -0.05) is 41.1 Å². The highest BCUT2D eigenvalue weighted by Crippen LogP contribution is 2.24. The Bertz CT molecular complexity index is 1000. The Morgan fingerprint density at radius 3 is 2.37 bits per heavy atom. The number of fused-ring (bicyclic) bond motifs is 1. The summed E-state index contributed by atoms with van der Waals surface area (Å²) in [5, 5.41) is 1.90. The van der Waals surface area contributed by atoms with Gasteiger partial charge in [-0.05, 0) is 56.7 Å². The molecule has 6 heteroatoms. The van der Waals surface area contributed by atoms with Crippen molar-refractivity contribution in [1.29, 1.82) is 0 Å². The predicted molar refractivity (Wildman–Crippen MR) is 109 cm³/mol. The van der Waals surface area contributed by atoms with E-state index in [2.05, 4.69) is 28.0 Å². The lowest BCUT2D eigenvalue weighted by Crippen LogP contribution is -2.42. The van der Waals surface area contributed by atoms with Gasteiger partial charge in [-0.2, -0.15) is 0 Å². The zero-order valence-corrected chi connectivity index (χ0v) is 16.3. The molecule has 0 unspecified atom stereocenters. The third-order valence-corrected chi connectivity index (χ3v) is 5.18. The first-order valence-corrected chi connectivity index (χ1v) is 9.57. The van der Waals surface area contributed by atoms with Gasteiger partial charge < -0.3 is 0 Å². The van der Waals surface area contributed by atoms with Crippen molar-refractivity contribution in [2.45, 2.75) is 25.8 Å². The summed E-state index contributed by atoms with van der Waals surface area (Å²) >= 11 is 1.35. The van der Waals surface area contributed by atoms with Crippen molar-refractivity contribution < 1.29 is 9.59 Å². The van der Waals surface area contributed by atoms with Gasteiger partial charge in [0.2, 0.25) is 5.91 Å². The molecule has 138 valence electrons. The van der Waals surface area contributed by atoms with Crippen LogP contribution in [0.4, 0.5) is 0 Å². The van der Waals surface area contributed by atoms with E-state index < -0.39 is 0 Å². The van der Waals surface area contributed by atoms with E-state index in [0.29, 0.717) is 5.56 Å². The number of pyridine rings is 1. The topological polar surface area (TPSA) is 71.1 Å². The number of thioether (sulfide) groups is 1. The Morgan fingerprint density at radius 2 is 1.63 bits per heavy atom. The lowest BCUT2D eigenvalue weighted by Gasteiger charge is -2.09. The van der Waals surface area contributed by atoms with E-state index in [9.17, 15) is 9.59 Å². The van der Waals surface area contributed by atoms with Crippen LogP contribution in [0.2, 0.25) is 0 Å². The van der Waals surface area contributed by atoms with Crippen molar-refractivity contribution in [3.63, 3.8) is 0 Å². The summed E-state index contributed by atoms with van der Waals surface area (Å²) in [6.45, 7) is 5.98. The van der Waals surface area contributed by atoms with Crippen LogP contribution in [0.25, 0.3) is 10.9 Å². The summed E-state index contributed by atoms with van der Waals surface area (Å²) in [5.74, 6) is -0.464. The van der Waals surface area contributed by atoms with Gasteiger partial charge in [0, 0.05) is 10.9 Å². The maximum absolute atomic E-state index is 12.1. The third-order valence-electron chi connectivity index (χ3n) is 4.08. The molecule has 0 radical (unpaired) electrons. The van der Waals surface area contributed by atoms with E-state index in [0.717, 1.165) is 27.1 Å². The molecular formula is C21H21N3O2S. The van der Waals surface area contributed by atoms with Crippen LogP contribution in [0, 0.1) is 20.8 Å². The Morgan fingerprint density at radius 1 is 0.926 bits per heavy atom. The van der Waals surface area contributed by atoms with Crippen molar-refractivity contribution in [2.75, 3.05) is 5.75 Å². The third kappa shape index (κ3) is 4.86. The molecule has 3 rings (SSSR count). The highest BCUT2D eigenvalue weighted by Gasteiger charge is 2.10. The van der Waals surface area contributed by atoms with Gasteiger partial charge in [-0.25, -0.2) is 4.98 Å². The minimum absolute atomic E-state index is 0.166. The molecule has 27 heavy (non-hydrogen) atoms. The molecule has 2 aromatic carbocycles. The first-order chi connectivity index (χ1) is 12.9. The van der Waals surface area contributed by atoms with Crippen molar-refractivity contribution in [1.82, 2.24) is 15.8 Å². The van der Waals surface area contributed by atoms with E-state index >= 15 is 0 Å². The second-order valence-corrected chi connectivity index (χ2v) is 7.43. The molecule has 0 atom stereocenters. The number of aromatic nitrogens is 1. The molecular weight excluding hydrogens is 358 g/mol. The van der Waals surface area contributed by atoms with Gasteiger partial charge in [0.15, 0.2) is 0 Å². The van der Waals surface area contributed by atoms with Crippen LogP contribution >= 0.6 is 11.8 Å².